The van der Waals surface area contributed by atoms with Gasteiger partial charge in [0.2, 0.25) is 0 Å². The molecule has 0 radical (unpaired) electrons. The van der Waals surface area contributed by atoms with Crippen LogP contribution in [-0.4, -0.2) is 46.6 Å². The Morgan fingerprint density at radius 3 is 2.47 bits per heavy atom. The first-order chi connectivity index (χ1) is 14.5. The van der Waals surface area contributed by atoms with Crippen LogP contribution in [0.2, 0.25) is 0 Å². The van der Waals surface area contributed by atoms with Crippen molar-refractivity contribution in [3.63, 3.8) is 0 Å². The predicted octanol–water partition coefficient (Wildman–Crippen LogP) is 2.01. The van der Waals surface area contributed by atoms with Gasteiger partial charge in [-0.05, 0) is 38.1 Å². The van der Waals surface area contributed by atoms with Gasteiger partial charge in [-0.3, -0.25) is 15.2 Å². The molecular formula is C20H24N6O4. The predicted molar refractivity (Wildman–Crippen MR) is 109 cm³/mol. The Labute approximate surface area is 174 Å². The molecule has 2 aromatic heterocycles. The first-order valence-electron chi connectivity index (χ1n) is 9.01. The number of nitrogens with zero attached hydrogens (tertiary/aromatic N) is 4. The number of amides is 2. The maximum Gasteiger partial charge on any atom is 0.414 e. The number of carbonyl (C=O) groups is 2. The molecule has 0 atom stereocenters. The van der Waals surface area contributed by atoms with Crippen LogP contribution in [0.5, 0.6) is 5.75 Å². The molecule has 0 saturated heterocycles. The zero-order valence-electron chi connectivity index (χ0n) is 16.9. The van der Waals surface area contributed by atoms with Crippen LogP contribution in [-0.2, 0) is 4.74 Å². The Morgan fingerprint density at radius 1 is 1.20 bits per heavy atom. The van der Waals surface area contributed by atoms with Gasteiger partial charge >= 0.3 is 6.09 Å². The number of hydrazine groups is 1. The van der Waals surface area contributed by atoms with Crippen LogP contribution in [0, 0.1) is 11.3 Å². The molecule has 0 saturated carbocycles. The van der Waals surface area contributed by atoms with Gasteiger partial charge in [0.15, 0.2) is 11.4 Å². The molecule has 158 valence electrons. The van der Waals surface area contributed by atoms with Crippen molar-refractivity contribution in [1.82, 2.24) is 20.3 Å². The number of hydrogen-bond acceptors (Lipinski definition) is 8. The van der Waals surface area contributed by atoms with Crippen molar-refractivity contribution in [2.75, 3.05) is 19.7 Å². The first kappa shape index (κ1) is 24.1. The third-order valence-corrected chi connectivity index (χ3v) is 3.55. The second-order valence-electron chi connectivity index (χ2n) is 5.52. The van der Waals surface area contributed by atoms with Crippen molar-refractivity contribution >= 4 is 12.0 Å². The maximum absolute atomic E-state index is 11.7. The van der Waals surface area contributed by atoms with Crippen LogP contribution in [0.4, 0.5) is 4.79 Å². The van der Waals surface area contributed by atoms with Crippen molar-refractivity contribution in [3.8, 4) is 11.8 Å². The summed E-state index contributed by atoms with van der Waals surface area (Å²) in [5, 5.41) is 8.86. The van der Waals surface area contributed by atoms with Gasteiger partial charge in [-0.2, -0.15) is 5.26 Å². The number of nitrogens with one attached hydrogen (secondary N) is 1. The number of hydrogen-bond donors (Lipinski definition) is 2. The normalized spacial score (nSPS) is 9.27. The second-order valence-corrected chi connectivity index (χ2v) is 5.52. The number of carbonyl (C=O) groups excluding carboxylic acids is 2. The molecule has 30 heavy (non-hydrogen) atoms. The van der Waals surface area contributed by atoms with Crippen LogP contribution in [0.1, 0.15) is 30.0 Å². The van der Waals surface area contributed by atoms with E-state index in [4.69, 9.17) is 20.6 Å². The quantitative estimate of drug-likeness (QED) is 0.304. The number of pyridine rings is 2. The summed E-state index contributed by atoms with van der Waals surface area (Å²) in [6.45, 7) is 8.44. The molecule has 0 aromatic carbocycles. The Balaban J connectivity index is 0.000000375. The van der Waals surface area contributed by atoms with Crippen molar-refractivity contribution < 1.29 is 19.1 Å². The molecule has 0 fully saturated rings. The fraction of sp³-hybridized carbons (Fsp3) is 0.250. The highest BCUT2D eigenvalue weighted by Crippen LogP contribution is 2.15. The number of ether oxygens (including phenoxy) is 2. The molecule has 2 rings (SSSR count). The monoisotopic (exact) mass is 412 g/mol. The van der Waals surface area contributed by atoms with Gasteiger partial charge in [0, 0.05) is 25.5 Å². The third kappa shape index (κ3) is 7.95. The van der Waals surface area contributed by atoms with E-state index < -0.39 is 6.09 Å². The Hall–Kier alpha value is -3.97. The van der Waals surface area contributed by atoms with Crippen LogP contribution in [0.3, 0.4) is 0 Å². The number of nitriles is 1. The maximum atomic E-state index is 11.7. The molecule has 0 aliphatic carbocycles. The number of nitrogen functional groups attached to an aromatic ring is 1. The van der Waals surface area contributed by atoms with E-state index in [1.165, 1.54) is 17.3 Å². The van der Waals surface area contributed by atoms with E-state index in [0.717, 1.165) is 0 Å². The second kappa shape index (κ2) is 13.2. The van der Waals surface area contributed by atoms with E-state index in [1.54, 1.807) is 30.3 Å². The van der Waals surface area contributed by atoms with Crippen molar-refractivity contribution in [2.24, 2.45) is 5.84 Å². The lowest BCUT2D eigenvalue weighted by molar-refractivity contribution is 0.0948. The van der Waals surface area contributed by atoms with Crippen LogP contribution in [0.15, 0.2) is 55.1 Å². The lowest BCUT2D eigenvalue weighted by Crippen LogP contribution is -2.31. The van der Waals surface area contributed by atoms with Crippen molar-refractivity contribution in [2.45, 2.75) is 13.8 Å². The standard InChI is InChI=1S/C14H17N3O3.C6H7N3O/c1-4-17(5-2)14(18)20-11(3)10-19-13-7-6-8-16-12(13)9-15;7-9-6(10)5-3-1-2-4-8-5/h6-8H,3-5,10H2,1-2H3;1-4H,7H2,(H,9,10). The van der Waals surface area contributed by atoms with Crippen LogP contribution < -0.4 is 16.0 Å². The lowest BCUT2D eigenvalue weighted by Gasteiger charge is -2.18. The first-order valence-corrected chi connectivity index (χ1v) is 9.01. The summed E-state index contributed by atoms with van der Waals surface area (Å²) in [6.07, 6.45) is 2.57. The summed E-state index contributed by atoms with van der Waals surface area (Å²) in [5.41, 5.74) is 2.48. The molecule has 2 heterocycles. The van der Waals surface area contributed by atoms with Gasteiger partial charge in [0.05, 0.1) is 0 Å². The van der Waals surface area contributed by atoms with E-state index in [2.05, 4.69) is 16.5 Å². The largest absolute Gasteiger partial charge is 0.483 e. The Bertz CT molecular complexity index is 878. The zero-order chi connectivity index (χ0) is 22.4. The highest BCUT2D eigenvalue weighted by molar-refractivity contribution is 5.91. The van der Waals surface area contributed by atoms with Gasteiger partial charge in [-0.1, -0.05) is 12.6 Å². The molecule has 0 spiro atoms. The van der Waals surface area contributed by atoms with Gasteiger partial charge < -0.3 is 14.4 Å². The summed E-state index contributed by atoms with van der Waals surface area (Å²) < 4.78 is 10.4. The SMILES string of the molecule is C=C(COc1cccnc1C#N)OC(=O)N(CC)CC.NNC(=O)c1ccccn1. The highest BCUT2D eigenvalue weighted by Gasteiger charge is 2.13. The average molecular weight is 412 g/mol. The van der Waals surface area contributed by atoms with E-state index in [0.29, 0.717) is 24.5 Å². The van der Waals surface area contributed by atoms with Gasteiger partial charge in [-0.15, -0.1) is 0 Å². The van der Waals surface area contributed by atoms with Crippen LogP contribution in [0.25, 0.3) is 0 Å². The highest BCUT2D eigenvalue weighted by atomic mass is 16.6. The van der Waals surface area contributed by atoms with E-state index in [1.807, 2.05) is 25.3 Å². The summed E-state index contributed by atoms with van der Waals surface area (Å²) in [5.74, 6) is 4.99. The lowest BCUT2D eigenvalue weighted by atomic mass is 10.3. The van der Waals surface area contributed by atoms with Crippen molar-refractivity contribution in [3.05, 3.63) is 66.5 Å². The van der Waals surface area contributed by atoms with Gasteiger partial charge in [0.25, 0.3) is 5.91 Å². The molecule has 10 nitrogen and oxygen atoms in total. The molecule has 3 N–H and O–H groups in total. The summed E-state index contributed by atoms with van der Waals surface area (Å²) in [7, 11) is 0. The Morgan fingerprint density at radius 2 is 1.90 bits per heavy atom. The summed E-state index contributed by atoms with van der Waals surface area (Å²) in [6, 6.07) is 10.2. The van der Waals surface area contributed by atoms with Gasteiger partial charge in [0.1, 0.15) is 24.1 Å². The average Bonchev–Trinajstić information content (AvgIpc) is 2.79. The summed E-state index contributed by atoms with van der Waals surface area (Å²) >= 11 is 0. The van der Waals surface area contributed by atoms with Crippen LogP contribution >= 0.6 is 0 Å². The van der Waals surface area contributed by atoms with E-state index >= 15 is 0 Å². The molecular weight excluding hydrogens is 388 g/mol. The summed E-state index contributed by atoms with van der Waals surface area (Å²) in [4.78, 5) is 31.5. The topological polar surface area (TPSA) is 143 Å². The zero-order valence-corrected chi connectivity index (χ0v) is 16.9. The minimum atomic E-state index is -0.463. The molecule has 10 heteroatoms. The number of rotatable bonds is 7. The third-order valence-electron chi connectivity index (χ3n) is 3.55. The smallest absolute Gasteiger partial charge is 0.414 e. The number of nitrogens with two attached hydrogens (primary N) is 1. The Kier molecular flexibility index (Phi) is 10.6. The molecule has 0 aliphatic heterocycles. The van der Waals surface area contributed by atoms with Gasteiger partial charge in [-0.25, -0.2) is 15.6 Å². The van der Waals surface area contributed by atoms with Crippen molar-refractivity contribution in [1.29, 1.82) is 5.26 Å². The molecule has 0 unspecified atom stereocenters. The molecule has 0 aliphatic rings. The molecule has 2 aromatic rings. The molecule has 2 amide bonds. The minimum absolute atomic E-state index is 0.0205. The molecule has 0 bridgehead atoms. The minimum Gasteiger partial charge on any atom is -0.483 e. The van der Waals surface area contributed by atoms with E-state index in [9.17, 15) is 9.59 Å². The fourth-order valence-electron chi connectivity index (χ4n) is 2.02. The fourth-order valence-corrected chi connectivity index (χ4v) is 2.02. The number of aromatic nitrogens is 2. The van der Waals surface area contributed by atoms with E-state index in [-0.39, 0.29) is 24.0 Å².